The van der Waals surface area contributed by atoms with E-state index in [1.807, 2.05) is 0 Å². The van der Waals surface area contributed by atoms with Crippen LogP contribution in [0.1, 0.15) is 36.5 Å². The van der Waals surface area contributed by atoms with Crippen LogP contribution >= 0.6 is 0 Å². The molecule has 2 amide bonds. The van der Waals surface area contributed by atoms with Gasteiger partial charge in [0.15, 0.2) is 0 Å². The van der Waals surface area contributed by atoms with Crippen LogP contribution in [0.25, 0.3) is 0 Å². The molecule has 0 unspecified atom stereocenters. The van der Waals surface area contributed by atoms with Crippen molar-refractivity contribution in [3.05, 3.63) is 69.3 Å². The van der Waals surface area contributed by atoms with E-state index in [2.05, 4.69) is 5.32 Å². The van der Waals surface area contributed by atoms with Crippen molar-refractivity contribution in [2.75, 3.05) is 5.32 Å². The highest BCUT2D eigenvalue weighted by atomic mass is 19.4. The Morgan fingerprint density at radius 2 is 1.81 bits per heavy atom. The zero-order valence-corrected chi connectivity index (χ0v) is 16.7. The summed E-state index contributed by atoms with van der Waals surface area (Å²) in [6, 6.07) is 7.03. The van der Waals surface area contributed by atoms with Crippen LogP contribution in [0.4, 0.5) is 29.3 Å². The lowest BCUT2D eigenvalue weighted by Crippen LogP contribution is -2.36. The molecule has 0 aliphatic heterocycles. The minimum Gasteiger partial charge on any atom is -0.336 e. The molecule has 0 saturated carbocycles. The lowest BCUT2D eigenvalue weighted by molar-refractivity contribution is -0.385. The van der Waals surface area contributed by atoms with E-state index in [1.165, 1.54) is 25.1 Å². The van der Waals surface area contributed by atoms with Crippen LogP contribution in [0.2, 0.25) is 0 Å². The molecule has 31 heavy (non-hydrogen) atoms. The normalized spacial score (nSPS) is 11.0. The number of benzene rings is 2. The van der Waals surface area contributed by atoms with Crippen molar-refractivity contribution in [1.82, 2.24) is 5.06 Å². The first-order valence-electron chi connectivity index (χ1n) is 9.21. The fourth-order valence-electron chi connectivity index (χ4n) is 2.63. The molecular weight excluding hydrogens is 419 g/mol. The number of carbonyl (C=O) groups excluding carboxylic acids is 2. The van der Waals surface area contributed by atoms with Crippen molar-refractivity contribution in [1.29, 1.82) is 0 Å². The highest BCUT2D eigenvalue weighted by Gasteiger charge is 2.30. The molecule has 0 aliphatic carbocycles. The second-order valence-corrected chi connectivity index (χ2v) is 6.63. The molecule has 2 aromatic rings. The van der Waals surface area contributed by atoms with Gasteiger partial charge in [-0.1, -0.05) is 13.0 Å². The SMILES string of the molecule is CCCC(=O)ON(Cc1ccc([N+](=O)[O-])c(C)c1)C(=O)Nc1ccc(C(F)(F)F)cc1. The largest absolute Gasteiger partial charge is 0.416 e. The molecule has 0 fully saturated rings. The van der Waals surface area contributed by atoms with Gasteiger partial charge in [-0.3, -0.25) is 10.1 Å². The van der Waals surface area contributed by atoms with Gasteiger partial charge in [0.25, 0.3) is 5.69 Å². The number of anilines is 1. The number of amides is 2. The molecule has 0 radical (unpaired) electrons. The smallest absolute Gasteiger partial charge is 0.336 e. The second-order valence-electron chi connectivity index (χ2n) is 6.63. The van der Waals surface area contributed by atoms with Gasteiger partial charge >= 0.3 is 18.2 Å². The first kappa shape index (κ1) is 23.6. The summed E-state index contributed by atoms with van der Waals surface area (Å²) in [4.78, 5) is 40.0. The summed E-state index contributed by atoms with van der Waals surface area (Å²) in [5.74, 6) is -0.677. The third-order valence-corrected chi connectivity index (χ3v) is 4.14. The summed E-state index contributed by atoms with van der Waals surface area (Å²) >= 11 is 0. The van der Waals surface area contributed by atoms with Crippen LogP contribution in [0.15, 0.2) is 42.5 Å². The first-order chi connectivity index (χ1) is 14.5. The molecule has 0 atom stereocenters. The molecule has 0 heterocycles. The fourth-order valence-corrected chi connectivity index (χ4v) is 2.63. The summed E-state index contributed by atoms with van der Waals surface area (Å²) < 4.78 is 38.1. The fraction of sp³-hybridized carbons (Fsp3) is 0.300. The van der Waals surface area contributed by atoms with Gasteiger partial charge in [0, 0.05) is 23.7 Å². The minimum atomic E-state index is -4.52. The van der Waals surface area contributed by atoms with Crippen molar-refractivity contribution >= 4 is 23.4 Å². The topological polar surface area (TPSA) is 102 Å². The summed E-state index contributed by atoms with van der Waals surface area (Å²) in [7, 11) is 0. The lowest BCUT2D eigenvalue weighted by Gasteiger charge is -2.22. The van der Waals surface area contributed by atoms with Gasteiger partial charge in [-0.05, 0) is 49.2 Å². The average molecular weight is 439 g/mol. The predicted octanol–water partition coefficient (Wildman–Crippen LogP) is 5.21. The number of halogens is 3. The Kier molecular flexibility index (Phi) is 7.56. The van der Waals surface area contributed by atoms with E-state index in [-0.39, 0.29) is 24.3 Å². The first-order valence-corrected chi connectivity index (χ1v) is 9.21. The maximum Gasteiger partial charge on any atom is 0.416 e. The molecule has 2 aromatic carbocycles. The lowest BCUT2D eigenvalue weighted by atomic mass is 10.1. The van der Waals surface area contributed by atoms with Gasteiger partial charge in [-0.25, -0.2) is 9.59 Å². The molecule has 166 valence electrons. The zero-order valence-electron chi connectivity index (χ0n) is 16.7. The van der Waals surface area contributed by atoms with E-state index < -0.39 is 28.7 Å². The van der Waals surface area contributed by atoms with Gasteiger partial charge in [0.1, 0.15) is 0 Å². The van der Waals surface area contributed by atoms with E-state index in [0.29, 0.717) is 17.5 Å². The summed E-state index contributed by atoms with van der Waals surface area (Å²) in [6.07, 6.45) is -3.99. The number of nitro benzene ring substituents is 1. The molecule has 0 bridgehead atoms. The number of aryl methyl sites for hydroxylation is 1. The summed E-state index contributed by atoms with van der Waals surface area (Å²) in [5, 5.41) is 14.0. The van der Waals surface area contributed by atoms with Gasteiger partial charge in [-0.2, -0.15) is 13.2 Å². The highest BCUT2D eigenvalue weighted by molar-refractivity contribution is 5.89. The number of nitrogens with one attached hydrogen (secondary N) is 1. The van der Waals surface area contributed by atoms with Crippen LogP contribution in [-0.4, -0.2) is 22.0 Å². The Labute approximate surface area is 175 Å². The average Bonchev–Trinajstić information content (AvgIpc) is 2.67. The Morgan fingerprint density at radius 1 is 1.16 bits per heavy atom. The van der Waals surface area contributed by atoms with Crippen LogP contribution < -0.4 is 5.32 Å². The zero-order chi connectivity index (χ0) is 23.2. The number of nitrogens with zero attached hydrogens (tertiary/aromatic N) is 2. The van der Waals surface area contributed by atoms with Gasteiger partial charge in [0.05, 0.1) is 17.0 Å². The van der Waals surface area contributed by atoms with Crippen molar-refractivity contribution < 1.29 is 32.5 Å². The molecule has 11 heteroatoms. The number of hydroxylamine groups is 2. The number of carbonyl (C=O) groups is 2. The number of rotatable bonds is 6. The van der Waals surface area contributed by atoms with Crippen molar-refractivity contribution in [3.8, 4) is 0 Å². The number of hydrogen-bond donors (Lipinski definition) is 1. The summed E-state index contributed by atoms with van der Waals surface area (Å²) in [5.41, 5.74) is -0.111. The number of nitro groups is 1. The van der Waals surface area contributed by atoms with Gasteiger partial charge in [-0.15, -0.1) is 5.06 Å². The van der Waals surface area contributed by atoms with E-state index in [4.69, 9.17) is 4.84 Å². The molecule has 2 rings (SSSR count). The van der Waals surface area contributed by atoms with Gasteiger partial charge in [0.2, 0.25) is 0 Å². The van der Waals surface area contributed by atoms with Crippen molar-refractivity contribution in [2.24, 2.45) is 0 Å². The summed E-state index contributed by atoms with van der Waals surface area (Å²) in [6.45, 7) is 3.05. The quantitative estimate of drug-likeness (QED) is 0.492. The molecule has 1 N–H and O–H groups in total. The third kappa shape index (κ3) is 6.69. The Balaban J connectivity index is 2.20. The predicted molar refractivity (Wildman–Crippen MR) is 105 cm³/mol. The van der Waals surface area contributed by atoms with Crippen molar-refractivity contribution in [3.63, 3.8) is 0 Å². The highest BCUT2D eigenvalue weighted by Crippen LogP contribution is 2.30. The van der Waals surface area contributed by atoms with Crippen LogP contribution in [0.5, 0.6) is 0 Å². The van der Waals surface area contributed by atoms with E-state index in [0.717, 1.165) is 29.3 Å². The monoisotopic (exact) mass is 439 g/mol. The maximum atomic E-state index is 12.7. The molecule has 0 aliphatic rings. The Hall–Kier alpha value is -3.63. The second kappa shape index (κ2) is 9.92. The molecule has 8 nitrogen and oxygen atoms in total. The molecule has 0 saturated heterocycles. The molecular formula is C20H20F3N3O5. The van der Waals surface area contributed by atoms with Crippen LogP contribution in [-0.2, 0) is 22.4 Å². The molecule has 0 aromatic heterocycles. The number of urea groups is 1. The van der Waals surface area contributed by atoms with Crippen LogP contribution in [0, 0.1) is 17.0 Å². The van der Waals surface area contributed by atoms with E-state index >= 15 is 0 Å². The Bertz CT molecular complexity index is 962. The minimum absolute atomic E-state index is 0.0450. The Morgan fingerprint density at radius 3 is 2.32 bits per heavy atom. The third-order valence-electron chi connectivity index (χ3n) is 4.14. The van der Waals surface area contributed by atoms with Gasteiger partial charge < -0.3 is 10.2 Å². The number of hydrogen-bond acceptors (Lipinski definition) is 5. The number of alkyl halides is 3. The van der Waals surface area contributed by atoms with Crippen LogP contribution in [0.3, 0.4) is 0 Å². The van der Waals surface area contributed by atoms with E-state index in [1.54, 1.807) is 6.92 Å². The molecule has 0 spiro atoms. The van der Waals surface area contributed by atoms with Crippen molar-refractivity contribution in [2.45, 2.75) is 39.4 Å². The van der Waals surface area contributed by atoms with E-state index in [9.17, 15) is 32.9 Å². The standard InChI is InChI=1S/C20H20F3N3O5/c1-3-4-18(27)31-25(12-14-5-10-17(26(29)30)13(2)11-14)19(28)24-16-8-6-15(7-9-16)20(21,22)23/h5-11H,3-4,12H2,1-2H3,(H,24,28). The maximum absolute atomic E-state index is 12.7.